The van der Waals surface area contributed by atoms with Crippen LogP contribution in [-0.2, 0) is 4.79 Å². The molecule has 0 radical (unpaired) electrons. The quantitative estimate of drug-likeness (QED) is 0.414. The maximum Gasteiger partial charge on any atom is 0.243 e. The van der Waals surface area contributed by atoms with Gasteiger partial charge in [0.2, 0.25) is 5.91 Å². The Kier molecular flexibility index (Phi) is 9.90. The number of anilines is 2. The minimum atomic E-state index is -0.105. The number of nitrogens with one attached hydrogen (secondary N) is 2. The van der Waals surface area contributed by atoms with Crippen molar-refractivity contribution in [3.05, 3.63) is 48.5 Å². The average molecular weight is 399 g/mol. The fraction of sp³-hybridized carbons (Fsp3) is 0.458. The van der Waals surface area contributed by atoms with E-state index in [2.05, 4.69) is 24.5 Å². The highest BCUT2D eigenvalue weighted by atomic mass is 16.5. The molecule has 0 heterocycles. The summed E-state index contributed by atoms with van der Waals surface area (Å²) in [6.45, 7) is 7.23. The van der Waals surface area contributed by atoms with Crippen LogP contribution in [-0.4, -0.2) is 25.2 Å². The number of unbranched alkanes of at least 4 members (excludes halogenated alkanes) is 3. The van der Waals surface area contributed by atoms with Crippen LogP contribution in [0.25, 0.3) is 0 Å². The monoisotopic (exact) mass is 398 g/mol. The van der Waals surface area contributed by atoms with E-state index < -0.39 is 0 Å². The first kappa shape index (κ1) is 22.6. The van der Waals surface area contributed by atoms with Crippen LogP contribution in [0.5, 0.6) is 11.5 Å². The molecule has 0 aliphatic heterocycles. The first-order valence-corrected chi connectivity index (χ1v) is 10.6. The number of carbonyl (C=O) groups is 1. The molecular formula is C24H34N2O3. The van der Waals surface area contributed by atoms with Crippen LogP contribution in [0.3, 0.4) is 0 Å². The van der Waals surface area contributed by atoms with Gasteiger partial charge in [-0.3, -0.25) is 4.79 Å². The third-order valence-corrected chi connectivity index (χ3v) is 4.60. The molecule has 5 heteroatoms. The summed E-state index contributed by atoms with van der Waals surface area (Å²) in [5, 5.41) is 6.03. The van der Waals surface area contributed by atoms with E-state index >= 15 is 0 Å². The van der Waals surface area contributed by atoms with Gasteiger partial charge in [0.1, 0.15) is 11.5 Å². The van der Waals surface area contributed by atoms with E-state index in [1.54, 1.807) is 0 Å². The molecule has 0 saturated carbocycles. The molecule has 1 unspecified atom stereocenters. The number of hydrogen-bond donors (Lipinski definition) is 2. The highest BCUT2D eigenvalue weighted by Gasteiger charge is 2.05. The zero-order valence-electron chi connectivity index (χ0n) is 17.9. The molecule has 0 spiro atoms. The van der Waals surface area contributed by atoms with E-state index in [9.17, 15) is 4.79 Å². The van der Waals surface area contributed by atoms with Crippen LogP contribution in [0, 0.1) is 0 Å². The van der Waals surface area contributed by atoms with Crippen molar-refractivity contribution in [2.45, 2.75) is 59.0 Å². The van der Waals surface area contributed by atoms with E-state index in [0.717, 1.165) is 42.3 Å². The molecule has 2 aromatic rings. The normalized spacial score (nSPS) is 11.6. The number of carbonyl (C=O) groups excluding carboxylic acids is 1. The van der Waals surface area contributed by atoms with Gasteiger partial charge in [0.15, 0.2) is 0 Å². The van der Waals surface area contributed by atoms with Gasteiger partial charge >= 0.3 is 0 Å². The van der Waals surface area contributed by atoms with Crippen LogP contribution in [0.2, 0.25) is 0 Å². The van der Waals surface area contributed by atoms with Gasteiger partial charge < -0.3 is 20.1 Å². The molecule has 0 aliphatic carbocycles. The summed E-state index contributed by atoms with van der Waals surface area (Å²) in [5.41, 5.74) is 1.61. The van der Waals surface area contributed by atoms with Gasteiger partial charge in [0.25, 0.3) is 0 Å². The predicted octanol–water partition coefficient (Wildman–Crippen LogP) is 5.87. The van der Waals surface area contributed by atoms with Crippen molar-refractivity contribution < 1.29 is 14.3 Å². The summed E-state index contributed by atoms with van der Waals surface area (Å²) in [6.07, 6.45) is 5.85. The molecule has 158 valence electrons. The Bertz CT molecular complexity index is 731. The molecule has 2 aromatic carbocycles. The smallest absolute Gasteiger partial charge is 0.243 e. The SMILES string of the molecule is CCCCCCOc1cccc(NCC(=O)Nc2ccc(OC(C)CC)cc2)c1. The third-order valence-electron chi connectivity index (χ3n) is 4.60. The standard InChI is InChI=1S/C24H34N2O3/c1-4-6-7-8-16-28-23-11-9-10-21(17-23)25-18-24(27)26-20-12-14-22(15-13-20)29-19(3)5-2/h9-15,17,19,25H,4-8,16,18H2,1-3H3,(H,26,27). The summed E-state index contributed by atoms with van der Waals surface area (Å²) >= 11 is 0. The molecule has 0 bridgehead atoms. The highest BCUT2D eigenvalue weighted by molar-refractivity contribution is 5.93. The van der Waals surface area contributed by atoms with Crippen molar-refractivity contribution in [1.29, 1.82) is 0 Å². The van der Waals surface area contributed by atoms with Gasteiger partial charge in [0.05, 0.1) is 19.3 Å². The van der Waals surface area contributed by atoms with Crippen molar-refractivity contribution >= 4 is 17.3 Å². The Hall–Kier alpha value is -2.69. The van der Waals surface area contributed by atoms with Gasteiger partial charge in [-0.05, 0) is 56.2 Å². The van der Waals surface area contributed by atoms with Crippen molar-refractivity contribution in [2.24, 2.45) is 0 Å². The first-order valence-electron chi connectivity index (χ1n) is 10.6. The topological polar surface area (TPSA) is 59.6 Å². The number of hydrogen-bond acceptors (Lipinski definition) is 4. The predicted molar refractivity (Wildman–Crippen MR) is 120 cm³/mol. The van der Waals surface area contributed by atoms with Crippen molar-refractivity contribution in [1.82, 2.24) is 0 Å². The molecule has 1 atom stereocenters. The Labute approximate surface area is 174 Å². The summed E-state index contributed by atoms with van der Waals surface area (Å²) in [5.74, 6) is 1.53. The fourth-order valence-corrected chi connectivity index (χ4v) is 2.73. The number of amides is 1. The lowest BCUT2D eigenvalue weighted by molar-refractivity contribution is -0.114. The molecular weight excluding hydrogens is 364 g/mol. The van der Waals surface area contributed by atoms with E-state index in [0.29, 0.717) is 0 Å². The van der Waals surface area contributed by atoms with Crippen molar-refractivity contribution in [2.75, 3.05) is 23.8 Å². The van der Waals surface area contributed by atoms with E-state index in [4.69, 9.17) is 9.47 Å². The van der Waals surface area contributed by atoms with E-state index in [1.807, 2.05) is 55.5 Å². The maximum atomic E-state index is 12.2. The molecule has 2 N–H and O–H groups in total. The lowest BCUT2D eigenvalue weighted by Gasteiger charge is -2.13. The molecule has 0 saturated heterocycles. The van der Waals surface area contributed by atoms with Crippen molar-refractivity contribution in [3.63, 3.8) is 0 Å². The second-order valence-corrected chi connectivity index (χ2v) is 7.20. The van der Waals surface area contributed by atoms with Gasteiger partial charge in [0, 0.05) is 17.4 Å². The fourth-order valence-electron chi connectivity index (χ4n) is 2.73. The van der Waals surface area contributed by atoms with Gasteiger partial charge in [-0.2, -0.15) is 0 Å². The Balaban J connectivity index is 1.75. The zero-order valence-corrected chi connectivity index (χ0v) is 17.9. The molecule has 5 nitrogen and oxygen atoms in total. The van der Waals surface area contributed by atoms with Crippen LogP contribution >= 0.6 is 0 Å². The third kappa shape index (κ3) is 8.90. The molecule has 1 amide bonds. The van der Waals surface area contributed by atoms with Crippen LogP contribution in [0.1, 0.15) is 52.9 Å². The molecule has 2 rings (SSSR count). The summed E-state index contributed by atoms with van der Waals surface area (Å²) < 4.78 is 11.5. The lowest BCUT2D eigenvalue weighted by Crippen LogP contribution is -2.21. The first-order chi connectivity index (χ1) is 14.1. The van der Waals surface area contributed by atoms with Gasteiger partial charge in [-0.15, -0.1) is 0 Å². The largest absolute Gasteiger partial charge is 0.494 e. The molecule has 29 heavy (non-hydrogen) atoms. The van der Waals surface area contributed by atoms with Crippen LogP contribution in [0.15, 0.2) is 48.5 Å². The Morgan fingerprint density at radius 1 is 0.966 bits per heavy atom. The van der Waals surface area contributed by atoms with E-state index in [-0.39, 0.29) is 18.6 Å². The second kappa shape index (κ2) is 12.7. The minimum Gasteiger partial charge on any atom is -0.494 e. The number of ether oxygens (including phenoxy) is 2. The summed E-state index contributed by atoms with van der Waals surface area (Å²) in [7, 11) is 0. The second-order valence-electron chi connectivity index (χ2n) is 7.20. The summed E-state index contributed by atoms with van der Waals surface area (Å²) in [4.78, 5) is 12.2. The molecule has 0 aliphatic rings. The average Bonchev–Trinajstić information content (AvgIpc) is 2.74. The Morgan fingerprint density at radius 2 is 1.76 bits per heavy atom. The van der Waals surface area contributed by atoms with E-state index in [1.165, 1.54) is 19.3 Å². The molecule has 0 aromatic heterocycles. The van der Waals surface area contributed by atoms with Gasteiger partial charge in [-0.25, -0.2) is 0 Å². The number of rotatable bonds is 13. The van der Waals surface area contributed by atoms with Crippen LogP contribution in [0.4, 0.5) is 11.4 Å². The van der Waals surface area contributed by atoms with Gasteiger partial charge in [-0.1, -0.05) is 39.2 Å². The Morgan fingerprint density at radius 3 is 2.48 bits per heavy atom. The van der Waals surface area contributed by atoms with Crippen molar-refractivity contribution in [3.8, 4) is 11.5 Å². The molecule has 0 fully saturated rings. The number of benzene rings is 2. The minimum absolute atomic E-state index is 0.105. The summed E-state index contributed by atoms with van der Waals surface area (Å²) in [6, 6.07) is 15.2. The lowest BCUT2D eigenvalue weighted by atomic mass is 10.2. The highest BCUT2D eigenvalue weighted by Crippen LogP contribution is 2.19. The zero-order chi connectivity index (χ0) is 20.9. The van der Waals surface area contributed by atoms with Crippen LogP contribution < -0.4 is 20.1 Å². The maximum absolute atomic E-state index is 12.2.